The second-order valence-electron chi connectivity index (χ2n) is 6.82. The Morgan fingerprint density at radius 1 is 1.07 bits per heavy atom. The Kier molecular flexibility index (Phi) is 6.85. The Morgan fingerprint density at radius 3 is 2.50 bits per heavy atom. The molecule has 0 atom stereocenters. The third kappa shape index (κ3) is 5.26. The first-order chi connectivity index (χ1) is 14.5. The highest BCUT2D eigenvalue weighted by molar-refractivity contribution is 6.10. The standard InChI is InChI=1S/C23H25N3O4/c1-3-16-9-11-17(12-10-16)25-21(27)15-26-20-8-6-5-7-19(20)24-18(13-22(26)28)14-23(29)30-4-2/h5-13,24H,3-4,14-15H2,1-2H3,(H,25,27). The number of rotatable bonds is 7. The molecule has 2 N–H and O–H groups in total. The fourth-order valence-corrected chi connectivity index (χ4v) is 3.16. The predicted molar refractivity (Wildman–Crippen MR) is 116 cm³/mol. The van der Waals surface area contributed by atoms with Crippen LogP contribution in [0.4, 0.5) is 17.1 Å². The van der Waals surface area contributed by atoms with Gasteiger partial charge in [0.1, 0.15) is 6.54 Å². The molecule has 0 aromatic heterocycles. The first-order valence-corrected chi connectivity index (χ1v) is 9.92. The lowest BCUT2D eigenvalue weighted by molar-refractivity contribution is -0.142. The number of amides is 2. The maximum absolute atomic E-state index is 12.9. The molecule has 3 rings (SSSR count). The van der Waals surface area contributed by atoms with Crippen LogP contribution in [0, 0.1) is 0 Å². The van der Waals surface area contributed by atoms with Crippen molar-refractivity contribution in [2.75, 3.05) is 28.7 Å². The number of nitrogens with zero attached hydrogens (tertiary/aromatic N) is 1. The van der Waals surface area contributed by atoms with Gasteiger partial charge in [-0.15, -0.1) is 0 Å². The summed E-state index contributed by atoms with van der Waals surface area (Å²) in [7, 11) is 0. The maximum atomic E-state index is 12.9. The first kappa shape index (κ1) is 21.1. The molecule has 7 nitrogen and oxygen atoms in total. The van der Waals surface area contributed by atoms with E-state index in [1.165, 1.54) is 16.5 Å². The van der Waals surface area contributed by atoms with Gasteiger partial charge in [0.15, 0.2) is 0 Å². The van der Waals surface area contributed by atoms with Crippen LogP contribution in [0.5, 0.6) is 0 Å². The Balaban J connectivity index is 1.78. The van der Waals surface area contributed by atoms with Crippen LogP contribution in [0.1, 0.15) is 25.8 Å². The second-order valence-corrected chi connectivity index (χ2v) is 6.82. The van der Waals surface area contributed by atoms with Crippen molar-refractivity contribution in [1.82, 2.24) is 0 Å². The van der Waals surface area contributed by atoms with Gasteiger partial charge < -0.3 is 15.4 Å². The van der Waals surface area contributed by atoms with Crippen molar-refractivity contribution in [2.45, 2.75) is 26.7 Å². The summed E-state index contributed by atoms with van der Waals surface area (Å²) >= 11 is 0. The van der Waals surface area contributed by atoms with Gasteiger partial charge in [0, 0.05) is 17.5 Å². The van der Waals surface area contributed by atoms with Gasteiger partial charge in [-0.2, -0.15) is 0 Å². The van der Waals surface area contributed by atoms with Crippen molar-refractivity contribution in [2.24, 2.45) is 0 Å². The molecule has 2 aromatic rings. The molecule has 30 heavy (non-hydrogen) atoms. The highest BCUT2D eigenvalue weighted by atomic mass is 16.5. The van der Waals surface area contributed by atoms with Crippen molar-refractivity contribution in [3.05, 3.63) is 65.9 Å². The number of ether oxygens (including phenoxy) is 1. The minimum absolute atomic E-state index is 0.0578. The Morgan fingerprint density at radius 2 is 1.80 bits per heavy atom. The lowest BCUT2D eigenvalue weighted by Crippen LogP contribution is -2.37. The molecule has 1 heterocycles. The lowest BCUT2D eigenvalue weighted by atomic mass is 10.1. The summed E-state index contributed by atoms with van der Waals surface area (Å²) < 4.78 is 4.97. The van der Waals surface area contributed by atoms with Crippen LogP contribution >= 0.6 is 0 Å². The van der Waals surface area contributed by atoms with Crippen molar-refractivity contribution >= 4 is 34.8 Å². The molecule has 0 spiro atoms. The van der Waals surface area contributed by atoms with Gasteiger partial charge in [-0.25, -0.2) is 0 Å². The van der Waals surface area contributed by atoms with Gasteiger partial charge in [-0.05, 0) is 43.2 Å². The lowest BCUT2D eigenvalue weighted by Gasteiger charge is -2.21. The number of benzene rings is 2. The molecule has 7 heteroatoms. The van der Waals surface area contributed by atoms with E-state index in [1.54, 1.807) is 25.1 Å². The van der Waals surface area contributed by atoms with Gasteiger partial charge >= 0.3 is 5.97 Å². The molecule has 0 saturated heterocycles. The van der Waals surface area contributed by atoms with E-state index in [0.717, 1.165) is 6.42 Å². The van der Waals surface area contributed by atoms with Gasteiger partial charge in [-0.3, -0.25) is 19.3 Å². The number of para-hydroxylation sites is 2. The van der Waals surface area contributed by atoms with Crippen LogP contribution in [0.3, 0.4) is 0 Å². The summed E-state index contributed by atoms with van der Waals surface area (Å²) in [5.41, 5.74) is 3.47. The molecular formula is C23H25N3O4. The molecule has 1 aliphatic heterocycles. The molecule has 0 fully saturated rings. The van der Waals surface area contributed by atoms with Gasteiger partial charge in [-0.1, -0.05) is 31.2 Å². The number of carbonyl (C=O) groups excluding carboxylic acids is 3. The summed E-state index contributed by atoms with van der Waals surface area (Å²) in [5, 5.41) is 5.94. The van der Waals surface area contributed by atoms with Crippen molar-refractivity contribution in [1.29, 1.82) is 0 Å². The summed E-state index contributed by atoms with van der Waals surface area (Å²) in [4.78, 5) is 38.7. The van der Waals surface area contributed by atoms with Gasteiger partial charge in [0.25, 0.3) is 5.91 Å². The third-order valence-corrected chi connectivity index (χ3v) is 4.64. The molecule has 2 aromatic carbocycles. The predicted octanol–water partition coefficient (Wildman–Crippen LogP) is 3.48. The number of esters is 1. The monoisotopic (exact) mass is 407 g/mol. The highest BCUT2D eigenvalue weighted by Gasteiger charge is 2.25. The second kappa shape index (κ2) is 9.73. The number of anilines is 3. The van der Waals surface area contributed by atoms with E-state index in [-0.39, 0.29) is 31.4 Å². The molecular weight excluding hydrogens is 382 g/mol. The average Bonchev–Trinajstić information content (AvgIpc) is 2.85. The normalized spacial score (nSPS) is 12.9. The minimum Gasteiger partial charge on any atom is -0.466 e. The number of carbonyl (C=O) groups is 3. The van der Waals surface area contributed by atoms with Crippen molar-refractivity contribution in [3.8, 4) is 0 Å². The Bertz CT molecular complexity index is 967. The largest absolute Gasteiger partial charge is 0.466 e. The van der Waals surface area contributed by atoms with Crippen LogP contribution in [0.15, 0.2) is 60.3 Å². The first-order valence-electron chi connectivity index (χ1n) is 9.92. The third-order valence-electron chi connectivity index (χ3n) is 4.64. The Labute approximate surface area is 175 Å². The van der Waals surface area contributed by atoms with E-state index in [2.05, 4.69) is 17.6 Å². The van der Waals surface area contributed by atoms with Crippen LogP contribution in [0.2, 0.25) is 0 Å². The van der Waals surface area contributed by atoms with Crippen LogP contribution in [-0.4, -0.2) is 30.9 Å². The fraction of sp³-hybridized carbons (Fsp3) is 0.261. The Hall–Kier alpha value is -3.61. The molecule has 0 radical (unpaired) electrons. The van der Waals surface area contributed by atoms with E-state index in [1.807, 2.05) is 30.3 Å². The number of hydrogen-bond donors (Lipinski definition) is 2. The zero-order valence-electron chi connectivity index (χ0n) is 17.1. The molecule has 0 saturated carbocycles. The zero-order chi connectivity index (χ0) is 21.5. The highest BCUT2D eigenvalue weighted by Crippen LogP contribution is 2.30. The number of fused-ring (bicyclic) bond motifs is 1. The van der Waals surface area contributed by atoms with E-state index in [0.29, 0.717) is 22.8 Å². The van der Waals surface area contributed by atoms with Gasteiger partial charge in [0.05, 0.1) is 24.4 Å². The zero-order valence-corrected chi connectivity index (χ0v) is 17.1. The summed E-state index contributed by atoms with van der Waals surface area (Å²) in [6, 6.07) is 14.7. The quantitative estimate of drug-likeness (QED) is 0.686. The van der Waals surface area contributed by atoms with Gasteiger partial charge in [0.2, 0.25) is 5.91 Å². The van der Waals surface area contributed by atoms with Crippen LogP contribution < -0.4 is 15.5 Å². The molecule has 0 aliphatic carbocycles. The maximum Gasteiger partial charge on any atom is 0.311 e. The molecule has 0 bridgehead atoms. The van der Waals surface area contributed by atoms with Crippen LogP contribution in [-0.2, 0) is 25.5 Å². The SMILES string of the molecule is CCOC(=O)CC1=CC(=O)N(CC(=O)Nc2ccc(CC)cc2)c2ccccc2N1. The minimum atomic E-state index is -0.428. The summed E-state index contributed by atoms with van der Waals surface area (Å²) in [5.74, 6) is -1.13. The van der Waals surface area contributed by atoms with Crippen molar-refractivity contribution in [3.63, 3.8) is 0 Å². The fourth-order valence-electron chi connectivity index (χ4n) is 3.16. The summed E-state index contributed by atoms with van der Waals surface area (Å²) in [6.07, 6.45) is 2.19. The van der Waals surface area contributed by atoms with E-state index < -0.39 is 5.97 Å². The number of nitrogens with one attached hydrogen (secondary N) is 2. The van der Waals surface area contributed by atoms with Crippen LogP contribution in [0.25, 0.3) is 0 Å². The van der Waals surface area contributed by atoms with E-state index >= 15 is 0 Å². The molecule has 1 aliphatic rings. The average molecular weight is 407 g/mol. The van der Waals surface area contributed by atoms with E-state index in [9.17, 15) is 14.4 Å². The van der Waals surface area contributed by atoms with Crippen molar-refractivity contribution < 1.29 is 19.1 Å². The summed E-state index contributed by atoms with van der Waals surface area (Å²) in [6.45, 7) is 3.90. The number of aryl methyl sites for hydroxylation is 1. The van der Waals surface area contributed by atoms with E-state index in [4.69, 9.17) is 4.74 Å². The number of hydrogen-bond acceptors (Lipinski definition) is 5. The topological polar surface area (TPSA) is 87.7 Å². The molecule has 156 valence electrons. The molecule has 0 unspecified atom stereocenters. The smallest absolute Gasteiger partial charge is 0.311 e. The molecule has 2 amide bonds.